The molecule has 0 aliphatic heterocycles. The van der Waals surface area contributed by atoms with E-state index in [2.05, 4.69) is 10.4 Å². The molecule has 0 aliphatic rings. The van der Waals surface area contributed by atoms with Crippen LogP contribution in [0.1, 0.15) is 17.3 Å². The Morgan fingerprint density at radius 1 is 1.48 bits per heavy atom. The first-order valence-corrected chi connectivity index (χ1v) is 6.91. The molecule has 112 valence electrons. The van der Waals surface area contributed by atoms with Gasteiger partial charge in [0.2, 0.25) is 0 Å². The summed E-state index contributed by atoms with van der Waals surface area (Å²) in [5, 5.41) is 8.04. The molecule has 2 rings (SSSR count). The van der Waals surface area contributed by atoms with Crippen molar-refractivity contribution in [3.63, 3.8) is 0 Å². The molecule has 2 aromatic rings. The number of nitrogens with one attached hydrogen (secondary N) is 1. The standard InChI is InChI=1S/C13H14Cl2N4O2/c1-3-21-13(20)10-11(16)19(2)18-12(10)17-9-5-4-7(14)6-8(9)15/h4-6H,3,16H2,1-2H3,(H,17,18). The fourth-order valence-corrected chi connectivity index (χ4v) is 2.20. The van der Waals surface area contributed by atoms with Crippen LogP contribution in [0.15, 0.2) is 18.2 Å². The molecule has 0 spiro atoms. The third-order valence-corrected chi connectivity index (χ3v) is 3.30. The SMILES string of the molecule is CCOC(=O)c1c(Nc2ccc(Cl)cc2Cl)nn(C)c1N. The van der Waals surface area contributed by atoms with Gasteiger partial charge in [-0.25, -0.2) is 4.79 Å². The first-order valence-electron chi connectivity index (χ1n) is 6.15. The van der Waals surface area contributed by atoms with Gasteiger partial charge in [-0.2, -0.15) is 5.10 Å². The van der Waals surface area contributed by atoms with E-state index in [-0.39, 0.29) is 23.8 Å². The summed E-state index contributed by atoms with van der Waals surface area (Å²) in [6.45, 7) is 1.96. The van der Waals surface area contributed by atoms with Crippen molar-refractivity contribution in [3.8, 4) is 0 Å². The zero-order chi connectivity index (χ0) is 15.6. The highest BCUT2D eigenvalue weighted by Crippen LogP contribution is 2.31. The monoisotopic (exact) mass is 328 g/mol. The molecule has 1 heterocycles. The molecule has 0 amide bonds. The van der Waals surface area contributed by atoms with Crippen LogP contribution in [0.25, 0.3) is 0 Å². The topological polar surface area (TPSA) is 82.2 Å². The van der Waals surface area contributed by atoms with Crippen LogP contribution in [-0.2, 0) is 11.8 Å². The van der Waals surface area contributed by atoms with Crippen LogP contribution in [-0.4, -0.2) is 22.4 Å². The Kier molecular flexibility index (Phi) is 4.59. The normalized spacial score (nSPS) is 10.5. The van der Waals surface area contributed by atoms with Crippen molar-refractivity contribution in [1.82, 2.24) is 9.78 Å². The van der Waals surface area contributed by atoms with E-state index in [1.54, 1.807) is 32.2 Å². The molecule has 0 bridgehead atoms. The highest BCUT2D eigenvalue weighted by Gasteiger charge is 2.22. The minimum absolute atomic E-state index is 0.172. The molecule has 0 atom stereocenters. The highest BCUT2D eigenvalue weighted by atomic mass is 35.5. The maximum Gasteiger partial charge on any atom is 0.345 e. The number of rotatable bonds is 4. The molecule has 0 aliphatic carbocycles. The highest BCUT2D eigenvalue weighted by molar-refractivity contribution is 6.36. The van der Waals surface area contributed by atoms with Crippen LogP contribution in [0.5, 0.6) is 0 Å². The number of halogens is 2. The Morgan fingerprint density at radius 2 is 2.19 bits per heavy atom. The maximum atomic E-state index is 12.0. The van der Waals surface area contributed by atoms with E-state index >= 15 is 0 Å². The molecule has 6 nitrogen and oxygen atoms in total. The van der Waals surface area contributed by atoms with E-state index < -0.39 is 5.97 Å². The number of aromatic nitrogens is 2. The van der Waals surface area contributed by atoms with E-state index in [0.717, 1.165) is 0 Å². The minimum Gasteiger partial charge on any atom is -0.462 e. The second-order valence-electron chi connectivity index (χ2n) is 4.20. The van der Waals surface area contributed by atoms with E-state index in [0.29, 0.717) is 15.7 Å². The van der Waals surface area contributed by atoms with Crippen LogP contribution in [0.4, 0.5) is 17.3 Å². The third kappa shape index (κ3) is 3.22. The van der Waals surface area contributed by atoms with Gasteiger partial charge in [0, 0.05) is 12.1 Å². The van der Waals surface area contributed by atoms with Crippen molar-refractivity contribution < 1.29 is 9.53 Å². The Hall–Kier alpha value is -1.92. The number of carbonyl (C=O) groups excluding carboxylic acids is 1. The second-order valence-corrected chi connectivity index (χ2v) is 5.05. The number of carbonyl (C=O) groups is 1. The molecule has 21 heavy (non-hydrogen) atoms. The Labute approximate surface area is 131 Å². The smallest absolute Gasteiger partial charge is 0.345 e. The molecule has 0 fully saturated rings. The lowest BCUT2D eigenvalue weighted by atomic mass is 10.2. The number of nitrogens with two attached hydrogens (primary N) is 1. The lowest BCUT2D eigenvalue weighted by Crippen LogP contribution is -2.09. The molecule has 3 N–H and O–H groups in total. The summed E-state index contributed by atoms with van der Waals surface area (Å²) in [6, 6.07) is 4.94. The predicted octanol–water partition coefficient (Wildman–Crippen LogP) is 3.23. The number of esters is 1. The van der Waals surface area contributed by atoms with Gasteiger partial charge in [0.15, 0.2) is 5.82 Å². The summed E-state index contributed by atoms with van der Waals surface area (Å²) in [6.07, 6.45) is 0. The van der Waals surface area contributed by atoms with Gasteiger partial charge in [-0.1, -0.05) is 23.2 Å². The number of hydrogen-bond acceptors (Lipinski definition) is 5. The number of hydrogen-bond donors (Lipinski definition) is 2. The van der Waals surface area contributed by atoms with E-state index in [1.165, 1.54) is 4.68 Å². The fourth-order valence-electron chi connectivity index (χ4n) is 1.75. The molecule has 8 heteroatoms. The van der Waals surface area contributed by atoms with Gasteiger partial charge in [-0.15, -0.1) is 0 Å². The maximum absolute atomic E-state index is 12.0. The quantitative estimate of drug-likeness (QED) is 0.842. The summed E-state index contributed by atoms with van der Waals surface area (Å²) < 4.78 is 6.37. The second kappa shape index (κ2) is 6.24. The number of nitrogen functional groups attached to an aromatic ring is 1. The Morgan fingerprint density at radius 3 is 2.81 bits per heavy atom. The van der Waals surface area contributed by atoms with Crippen LogP contribution in [0.3, 0.4) is 0 Å². The van der Waals surface area contributed by atoms with Gasteiger partial charge in [-0.3, -0.25) is 4.68 Å². The zero-order valence-corrected chi connectivity index (χ0v) is 13.0. The average Bonchev–Trinajstić information content (AvgIpc) is 2.69. The fraction of sp³-hybridized carbons (Fsp3) is 0.231. The number of ether oxygens (including phenoxy) is 1. The van der Waals surface area contributed by atoms with E-state index in [4.69, 9.17) is 33.7 Å². The molecule has 0 radical (unpaired) electrons. The summed E-state index contributed by atoms with van der Waals surface area (Å²) in [4.78, 5) is 12.0. The van der Waals surface area contributed by atoms with Crippen LogP contribution in [0.2, 0.25) is 10.0 Å². The van der Waals surface area contributed by atoms with Crippen molar-refractivity contribution in [2.24, 2.45) is 7.05 Å². The molecule has 1 aromatic carbocycles. The number of nitrogens with zero attached hydrogens (tertiary/aromatic N) is 2. The summed E-state index contributed by atoms with van der Waals surface area (Å²) in [5.41, 5.74) is 6.59. The zero-order valence-electron chi connectivity index (χ0n) is 11.5. The third-order valence-electron chi connectivity index (χ3n) is 2.76. The first kappa shape index (κ1) is 15.5. The molecule has 0 unspecified atom stereocenters. The van der Waals surface area contributed by atoms with Crippen molar-refractivity contribution in [1.29, 1.82) is 0 Å². The van der Waals surface area contributed by atoms with E-state index in [1.807, 2.05) is 0 Å². The summed E-state index contributed by atoms with van der Waals surface area (Å²) in [5.74, 6) is -0.0607. The van der Waals surface area contributed by atoms with Crippen molar-refractivity contribution >= 4 is 46.5 Å². The van der Waals surface area contributed by atoms with Gasteiger partial charge in [0.25, 0.3) is 0 Å². The predicted molar refractivity (Wildman–Crippen MR) is 83.3 cm³/mol. The first-order chi connectivity index (χ1) is 9.93. The lowest BCUT2D eigenvalue weighted by molar-refractivity contribution is 0.0528. The van der Waals surface area contributed by atoms with Crippen LogP contribution in [0, 0.1) is 0 Å². The molecule has 0 saturated heterocycles. The van der Waals surface area contributed by atoms with E-state index in [9.17, 15) is 4.79 Å². The number of anilines is 3. The van der Waals surface area contributed by atoms with Crippen LogP contribution >= 0.6 is 23.2 Å². The number of benzene rings is 1. The van der Waals surface area contributed by atoms with Gasteiger partial charge in [-0.05, 0) is 25.1 Å². The molecule has 0 saturated carbocycles. The van der Waals surface area contributed by atoms with Crippen molar-refractivity contribution in [2.45, 2.75) is 6.92 Å². The van der Waals surface area contributed by atoms with Gasteiger partial charge >= 0.3 is 5.97 Å². The van der Waals surface area contributed by atoms with Gasteiger partial charge in [0.05, 0.1) is 17.3 Å². The Balaban J connectivity index is 2.40. The largest absolute Gasteiger partial charge is 0.462 e. The molecular formula is C13H14Cl2N4O2. The summed E-state index contributed by atoms with van der Waals surface area (Å²) in [7, 11) is 1.63. The van der Waals surface area contributed by atoms with Gasteiger partial charge in [0.1, 0.15) is 11.4 Å². The minimum atomic E-state index is -0.546. The van der Waals surface area contributed by atoms with Crippen molar-refractivity contribution in [3.05, 3.63) is 33.8 Å². The Bertz CT molecular complexity index is 685. The number of aryl methyl sites for hydroxylation is 1. The molecular weight excluding hydrogens is 315 g/mol. The summed E-state index contributed by atoms with van der Waals surface area (Å²) >= 11 is 11.9. The molecule has 1 aromatic heterocycles. The van der Waals surface area contributed by atoms with Crippen molar-refractivity contribution in [2.75, 3.05) is 17.7 Å². The lowest BCUT2D eigenvalue weighted by Gasteiger charge is -2.08. The van der Waals surface area contributed by atoms with Gasteiger partial charge < -0.3 is 15.8 Å². The average molecular weight is 329 g/mol. The van der Waals surface area contributed by atoms with Crippen LogP contribution < -0.4 is 11.1 Å².